The van der Waals surface area contributed by atoms with E-state index in [0.29, 0.717) is 11.3 Å². The number of amides is 2. The lowest BCUT2D eigenvalue weighted by Crippen LogP contribution is -2.22. The first-order valence-corrected chi connectivity index (χ1v) is 7.70. The second kappa shape index (κ2) is 7.58. The van der Waals surface area contributed by atoms with Gasteiger partial charge in [0.15, 0.2) is 0 Å². The molecule has 120 valence electrons. The van der Waals surface area contributed by atoms with Gasteiger partial charge in [-0.2, -0.15) is 0 Å². The average Bonchev–Trinajstić information content (AvgIpc) is 2.56. The van der Waals surface area contributed by atoms with Crippen LogP contribution in [0.25, 0.3) is 0 Å². The number of anilines is 1. The van der Waals surface area contributed by atoms with E-state index in [1.165, 1.54) is 4.90 Å². The summed E-state index contributed by atoms with van der Waals surface area (Å²) in [6.07, 6.45) is 0.729. The molecule has 0 radical (unpaired) electrons. The Labute approximate surface area is 137 Å². The van der Waals surface area contributed by atoms with Crippen LogP contribution in [0, 0.1) is 0 Å². The zero-order chi connectivity index (χ0) is 16.8. The fourth-order valence-electron chi connectivity index (χ4n) is 2.44. The predicted octanol–water partition coefficient (Wildman–Crippen LogP) is 3.52. The van der Waals surface area contributed by atoms with Gasteiger partial charge in [0.25, 0.3) is 5.91 Å². The lowest BCUT2D eigenvalue weighted by atomic mass is 9.95. The van der Waals surface area contributed by atoms with Gasteiger partial charge in [-0.25, -0.2) is 0 Å². The first kappa shape index (κ1) is 16.7. The normalized spacial score (nSPS) is 11.6. The molecule has 0 fully saturated rings. The summed E-state index contributed by atoms with van der Waals surface area (Å²) in [5, 5.41) is 2.92. The van der Waals surface area contributed by atoms with Crippen molar-refractivity contribution in [3.05, 3.63) is 65.7 Å². The van der Waals surface area contributed by atoms with Gasteiger partial charge in [-0.15, -0.1) is 0 Å². The van der Waals surface area contributed by atoms with Crippen molar-refractivity contribution in [3.8, 4) is 0 Å². The fraction of sp³-hybridized carbons (Fsp3) is 0.263. The number of hydrogen-bond donors (Lipinski definition) is 1. The van der Waals surface area contributed by atoms with Gasteiger partial charge in [-0.05, 0) is 36.2 Å². The van der Waals surface area contributed by atoms with E-state index < -0.39 is 0 Å². The smallest absolute Gasteiger partial charge is 0.253 e. The standard InChI is InChI=1S/C19H22N2O2/c1-4-17(14-8-6-5-7-9-14)18(22)20-16-12-10-15(11-13-16)19(23)21(2)3/h5-13,17H,4H2,1-3H3,(H,20,22)/t17-/m0/s1. The number of benzene rings is 2. The van der Waals surface area contributed by atoms with Gasteiger partial charge >= 0.3 is 0 Å². The second-order valence-corrected chi connectivity index (χ2v) is 5.64. The summed E-state index contributed by atoms with van der Waals surface area (Å²) in [6, 6.07) is 16.7. The van der Waals surface area contributed by atoms with Gasteiger partial charge in [0, 0.05) is 25.3 Å². The molecule has 1 atom stereocenters. The van der Waals surface area contributed by atoms with E-state index in [-0.39, 0.29) is 17.7 Å². The molecule has 0 unspecified atom stereocenters. The van der Waals surface area contributed by atoms with Crippen molar-refractivity contribution in [1.82, 2.24) is 4.90 Å². The van der Waals surface area contributed by atoms with Crippen molar-refractivity contribution in [2.75, 3.05) is 19.4 Å². The lowest BCUT2D eigenvalue weighted by Gasteiger charge is -2.16. The van der Waals surface area contributed by atoms with Crippen LogP contribution < -0.4 is 5.32 Å². The topological polar surface area (TPSA) is 49.4 Å². The molecular weight excluding hydrogens is 288 g/mol. The number of rotatable bonds is 5. The highest BCUT2D eigenvalue weighted by molar-refractivity contribution is 5.97. The fourth-order valence-corrected chi connectivity index (χ4v) is 2.44. The minimum atomic E-state index is -0.181. The van der Waals surface area contributed by atoms with Gasteiger partial charge in [-0.3, -0.25) is 9.59 Å². The summed E-state index contributed by atoms with van der Waals surface area (Å²) >= 11 is 0. The molecule has 0 aromatic heterocycles. The minimum Gasteiger partial charge on any atom is -0.345 e. The Bertz CT molecular complexity index is 664. The molecule has 2 amide bonds. The van der Waals surface area contributed by atoms with E-state index in [1.54, 1.807) is 38.4 Å². The molecule has 2 rings (SSSR count). The molecule has 0 bridgehead atoms. The molecule has 1 N–H and O–H groups in total. The van der Waals surface area contributed by atoms with Crippen LogP contribution in [0.2, 0.25) is 0 Å². The third-order valence-electron chi connectivity index (χ3n) is 3.73. The van der Waals surface area contributed by atoms with E-state index in [4.69, 9.17) is 0 Å². The van der Waals surface area contributed by atoms with Crippen molar-refractivity contribution in [3.63, 3.8) is 0 Å². The highest BCUT2D eigenvalue weighted by atomic mass is 16.2. The zero-order valence-corrected chi connectivity index (χ0v) is 13.7. The van der Waals surface area contributed by atoms with Crippen LogP contribution in [-0.2, 0) is 4.79 Å². The van der Waals surface area contributed by atoms with E-state index in [9.17, 15) is 9.59 Å². The van der Waals surface area contributed by atoms with E-state index in [0.717, 1.165) is 12.0 Å². The van der Waals surface area contributed by atoms with Gasteiger partial charge in [0.1, 0.15) is 0 Å². The maximum atomic E-state index is 12.5. The number of nitrogens with one attached hydrogen (secondary N) is 1. The summed E-state index contributed by atoms with van der Waals surface area (Å²) in [5.41, 5.74) is 2.30. The molecule has 23 heavy (non-hydrogen) atoms. The van der Waals surface area contributed by atoms with Crippen LogP contribution in [0.5, 0.6) is 0 Å². The number of hydrogen-bond acceptors (Lipinski definition) is 2. The highest BCUT2D eigenvalue weighted by Gasteiger charge is 2.18. The Morgan fingerprint density at radius 3 is 2.13 bits per heavy atom. The number of nitrogens with zero attached hydrogens (tertiary/aromatic N) is 1. The SMILES string of the molecule is CC[C@H](C(=O)Nc1ccc(C(=O)N(C)C)cc1)c1ccccc1. The van der Waals surface area contributed by atoms with Crippen LogP contribution >= 0.6 is 0 Å². The number of carbonyl (C=O) groups excluding carboxylic acids is 2. The van der Waals surface area contributed by atoms with Gasteiger partial charge < -0.3 is 10.2 Å². The number of carbonyl (C=O) groups is 2. The summed E-state index contributed by atoms with van der Waals surface area (Å²) < 4.78 is 0. The summed E-state index contributed by atoms with van der Waals surface area (Å²) in [6.45, 7) is 2.00. The van der Waals surface area contributed by atoms with Crippen molar-refractivity contribution in [1.29, 1.82) is 0 Å². The van der Waals surface area contributed by atoms with Crippen molar-refractivity contribution >= 4 is 17.5 Å². The molecule has 2 aromatic rings. The minimum absolute atomic E-state index is 0.0367. The maximum Gasteiger partial charge on any atom is 0.253 e. The molecule has 0 heterocycles. The maximum absolute atomic E-state index is 12.5. The largest absolute Gasteiger partial charge is 0.345 e. The quantitative estimate of drug-likeness (QED) is 0.918. The van der Waals surface area contributed by atoms with E-state index in [2.05, 4.69) is 5.32 Å². The molecule has 0 aliphatic heterocycles. The van der Waals surface area contributed by atoms with Gasteiger partial charge in [0.2, 0.25) is 5.91 Å². The molecule has 0 aliphatic carbocycles. The molecule has 4 heteroatoms. The molecule has 0 saturated carbocycles. The molecule has 0 saturated heterocycles. The van der Waals surface area contributed by atoms with Gasteiger partial charge in [-0.1, -0.05) is 37.3 Å². The third kappa shape index (κ3) is 4.19. The molecule has 0 aliphatic rings. The summed E-state index contributed by atoms with van der Waals surface area (Å²) in [4.78, 5) is 25.9. The molecule has 2 aromatic carbocycles. The van der Waals surface area contributed by atoms with E-state index in [1.807, 2.05) is 37.3 Å². The van der Waals surface area contributed by atoms with E-state index >= 15 is 0 Å². The highest BCUT2D eigenvalue weighted by Crippen LogP contribution is 2.21. The van der Waals surface area contributed by atoms with Crippen LogP contribution in [0.1, 0.15) is 35.2 Å². The molecular formula is C19H22N2O2. The first-order chi connectivity index (χ1) is 11.0. The van der Waals surface area contributed by atoms with Crippen LogP contribution in [0.15, 0.2) is 54.6 Å². The molecule has 4 nitrogen and oxygen atoms in total. The van der Waals surface area contributed by atoms with Crippen LogP contribution in [0.3, 0.4) is 0 Å². The Kier molecular flexibility index (Phi) is 5.52. The van der Waals surface area contributed by atoms with Crippen molar-refractivity contribution in [2.24, 2.45) is 0 Å². The lowest BCUT2D eigenvalue weighted by molar-refractivity contribution is -0.117. The van der Waals surface area contributed by atoms with Gasteiger partial charge in [0.05, 0.1) is 5.92 Å². The summed E-state index contributed by atoms with van der Waals surface area (Å²) in [7, 11) is 3.42. The first-order valence-electron chi connectivity index (χ1n) is 7.70. The van der Waals surface area contributed by atoms with Crippen molar-refractivity contribution in [2.45, 2.75) is 19.3 Å². The Morgan fingerprint density at radius 1 is 1.00 bits per heavy atom. The Morgan fingerprint density at radius 2 is 1.61 bits per heavy atom. The summed E-state index contributed by atoms with van der Waals surface area (Å²) in [5.74, 6) is -0.275. The Balaban J connectivity index is 2.09. The zero-order valence-electron chi connectivity index (χ0n) is 13.7. The monoisotopic (exact) mass is 310 g/mol. The van der Waals surface area contributed by atoms with Crippen LogP contribution in [-0.4, -0.2) is 30.8 Å². The predicted molar refractivity (Wildman–Crippen MR) is 92.6 cm³/mol. The second-order valence-electron chi connectivity index (χ2n) is 5.64. The third-order valence-corrected chi connectivity index (χ3v) is 3.73. The molecule has 0 spiro atoms. The van der Waals surface area contributed by atoms with Crippen LogP contribution in [0.4, 0.5) is 5.69 Å². The average molecular weight is 310 g/mol. The Hall–Kier alpha value is -2.62. The van der Waals surface area contributed by atoms with Crippen molar-refractivity contribution < 1.29 is 9.59 Å².